The Morgan fingerprint density at radius 3 is 2.82 bits per heavy atom. The number of methoxy groups -OCH3 is 1. The van der Waals surface area contributed by atoms with Crippen molar-refractivity contribution < 1.29 is 4.74 Å². The Balaban J connectivity index is 2.84. The minimum atomic E-state index is -0.425. The van der Waals surface area contributed by atoms with E-state index in [4.69, 9.17) is 10.00 Å². The fraction of sp³-hybridized carbons (Fsp3) is 0.286. The first kappa shape index (κ1) is 8.72. The van der Waals surface area contributed by atoms with Gasteiger partial charge in [0, 0.05) is 12.0 Å². The lowest BCUT2D eigenvalue weighted by molar-refractivity contribution is 0.151. The minimum Gasteiger partial charge on any atom is -0.361 e. The van der Waals surface area contributed by atoms with Crippen molar-refractivity contribution in [2.24, 2.45) is 0 Å². The van der Waals surface area contributed by atoms with Crippen LogP contribution in [0.1, 0.15) is 11.0 Å². The second-order valence-electron chi connectivity index (χ2n) is 1.89. The molecule has 1 aromatic rings. The van der Waals surface area contributed by atoms with E-state index in [9.17, 15) is 0 Å². The SMILES string of the molecule is COC(C#N)c1ccc(Br)s1. The summed E-state index contributed by atoms with van der Waals surface area (Å²) < 4.78 is 5.95. The predicted octanol–water partition coefficient (Wildman–Crippen LogP) is 2.72. The molecular formula is C7H6BrNOS. The van der Waals surface area contributed by atoms with Crippen molar-refractivity contribution in [3.05, 3.63) is 20.8 Å². The van der Waals surface area contributed by atoms with E-state index in [1.165, 1.54) is 18.4 Å². The summed E-state index contributed by atoms with van der Waals surface area (Å²) in [6.07, 6.45) is -0.425. The Labute approximate surface area is 77.5 Å². The lowest BCUT2D eigenvalue weighted by Gasteiger charge is -2.01. The van der Waals surface area contributed by atoms with Crippen LogP contribution < -0.4 is 0 Å². The maximum atomic E-state index is 8.61. The Kier molecular flexibility index (Phi) is 3.06. The Morgan fingerprint density at radius 2 is 2.45 bits per heavy atom. The standard InChI is InChI=1S/C7H6BrNOS/c1-10-5(4-9)6-2-3-7(8)11-6/h2-3,5H,1H3. The average molecular weight is 232 g/mol. The van der Waals surface area contributed by atoms with E-state index in [1.807, 2.05) is 18.2 Å². The van der Waals surface area contributed by atoms with E-state index >= 15 is 0 Å². The number of ether oxygens (including phenoxy) is 1. The first-order chi connectivity index (χ1) is 5.27. The fourth-order valence-electron chi connectivity index (χ4n) is 0.702. The fourth-order valence-corrected chi connectivity index (χ4v) is 2.15. The molecule has 0 amide bonds. The molecular weight excluding hydrogens is 226 g/mol. The molecule has 0 aliphatic carbocycles. The topological polar surface area (TPSA) is 33.0 Å². The number of nitriles is 1. The maximum Gasteiger partial charge on any atom is 0.177 e. The molecule has 0 radical (unpaired) electrons. The molecule has 0 bridgehead atoms. The van der Waals surface area contributed by atoms with Gasteiger partial charge in [-0.05, 0) is 28.1 Å². The highest BCUT2D eigenvalue weighted by molar-refractivity contribution is 9.11. The first-order valence-corrected chi connectivity index (χ1v) is 4.56. The van der Waals surface area contributed by atoms with Crippen molar-refractivity contribution in [2.45, 2.75) is 6.10 Å². The highest BCUT2D eigenvalue weighted by Gasteiger charge is 2.10. The molecule has 11 heavy (non-hydrogen) atoms. The van der Waals surface area contributed by atoms with Crippen LogP contribution in [0.2, 0.25) is 0 Å². The van der Waals surface area contributed by atoms with Crippen LogP contribution in [0.4, 0.5) is 0 Å². The molecule has 0 spiro atoms. The Hall–Kier alpha value is -0.370. The first-order valence-electron chi connectivity index (χ1n) is 2.95. The van der Waals surface area contributed by atoms with Crippen LogP contribution in [0.5, 0.6) is 0 Å². The smallest absolute Gasteiger partial charge is 0.177 e. The average Bonchev–Trinajstić information content (AvgIpc) is 2.39. The van der Waals surface area contributed by atoms with Crippen LogP contribution in [-0.2, 0) is 4.74 Å². The molecule has 0 aliphatic rings. The van der Waals surface area contributed by atoms with E-state index in [0.717, 1.165) is 8.66 Å². The van der Waals surface area contributed by atoms with Crippen molar-refractivity contribution in [1.29, 1.82) is 5.26 Å². The second-order valence-corrected chi connectivity index (χ2v) is 4.38. The molecule has 0 N–H and O–H groups in total. The summed E-state index contributed by atoms with van der Waals surface area (Å²) in [5.41, 5.74) is 0. The summed E-state index contributed by atoms with van der Waals surface area (Å²) in [5, 5.41) is 8.61. The van der Waals surface area contributed by atoms with E-state index in [-0.39, 0.29) is 0 Å². The number of halogens is 1. The molecule has 0 saturated heterocycles. The van der Waals surface area contributed by atoms with Crippen molar-refractivity contribution in [1.82, 2.24) is 0 Å². The van der Waals surface area contributed by atoms with Gasteiger partial charge in [-0.3, -0.25) is 0 Å². The summed E-state index contributed by atoms with van der Waals surface area (Å²) in [7, 11) is 1.53. The van der Waals surface area contributed by atoms with Gasteiger partial charge in [-0.1, -0.05) is 0 Å². The third-order valence-corrected chi connectivity index (χ3v) is 2.87. The largest absolute Gasteiger partial charge is 0.361 e. The number of hydrogen-bond donors (Lipinski definition) is 0. The van der Waals surface area contributed by atoms with Crippen LogP contribution in [-0.4, -0.2) is 7.11 Å². The van der Waals surface area contributed by atoms with Gasteiger partial charge in [0.15, 0.2) is 6.10 Å². The van der Waals surface area contributed by atoms with Gasteiger partial charge in [-0.15, -0.1) is 11.3 Å². The van der Waals surface area contributed by atoms with Gasteiger partial charge in [0.2, 0.25) is 0 Å². The van der Waals surface area contributed by atoms with Gasteiger partial charge in [0.05, 0.1) is 3.79 Å². The van der Waals surface area contributed by atoms with Gasteiger partial charge < -0.3 is 4.74 Å². The zero-order valence-corrected chi connectivity index (χ0v) is 8.28. The molecule has 1 unspecified atom stereocenters. The lowest BCUT2D eigenvalue weighted by atomic mass is 10.3. The van der Waals surface area contributed by atoms with Gasteiger partial charge in [-0.2, -0.15) is 5.26 Å². The molecule has 0 fully saturated rings. The van der Waals surface area contributed by atoms with E-state index in [2.05, 4.69) is 15.9 Å². The summed E-state index contributed by atoms with van der Waals surface area (Å²) in [4.78, 5) is 0.932. The highest BCUT2D eigenvalue weighted by Crippen LogP contribution is 2.28. The van der Waals surface area contributed by atoms with E-state index in [0.29, 0.717) is 0 Å². The van der Waals surface area contributed by atoms with Crippen molar-refractivity contribution in [2.75, 3.05) is 7.11 Å². The quantitative estimate of drug-likeness (QED) is 0.785. The van der Waals surface area contributed by atoms with Gasteiger partial charge in [0.25, 0.3) is 0 Å². The van der Waals surface area contributed by atoms with E-state index < -0.39 is 6.10 Å². The number of hydrogen-bond acceptors (Lipinski definition) is 3. The summed E-state index contributed by atoms with van der Waals surface area (Å²) >= 11 is 4.83. The second kappa shape index (κ2) is 3.86. The summed E-state index contributed by atoms with van der Waals surface area (Å²) in [6.45, 7) is 0. The molecule has 2 nitrogen and oxygen atoms in total. The molecule has 0 saturated carbocycles. The van der Waals surface area contributed by atoms with E-state index in [1.54, 1.807) is 0 Å². The molecule has 0 aromatic carbocycles. The van der Waals surface area contributed by atoms with Crippen LogP contribution in [0.3, 0.4) is 0 Å². The zero-order chi connectivity index (χ0) is 8.27. The molecule has 0 aliphatic heterocycles. The molecule has 58 valence electrons. The number of nitrogens with zero attached hydrogens (tertiary/aromatic N) is 1. The normalized spacial score (nSPS) is 12.5. The van der Waals surface area contributed by atoms with Gasteiger partial charge in [-0.25, -0.2) is 0 Å². The summed E-state index contributed by atoms with van der Waals surface area (Å²) in [6, 6.07) is 5.84. The monoisotopic (exact) mass is 231 g/mol. The number of rotatable bonds is 2. The predicted molar refractivity (Wildman–Crippen MR) is 47.4 cm³/mol. The van der Waals surface area contributed by atoms with Crippen LogP contribution >= 0.6 is 27.3 Å². The van der Waals surface area contributed by atoms with Crippen molar-refractivity contribution in [3.8, 4) is 6.07 Å². The summed E-state index contributed by atoms with van der Waals surface area (Å²) in [5.74, 6) is 0. The van der Waals surface area contributed by atoms with Crippen LogP contribution in [0.15, 0.2) is 15.9 Å². The van der Waals surface area contributed by atoms with Crippen molar-refractivity contribution >= 4 is 27.3 Å². The lowest BCUT2D eigenvalue weighted by Crippen LogP contribution is -1.93. The number of thiophene rings is 1. The molecule has 4 heteroatoms. The van der Waals surface area contributed by atoms with Crippen molar-refractivity contribution in [3.63, 3.8) is 0 Å². The maximum absolute atomic E-state index is 8.61. The van der Waals surface area contributed by atoms with Crippen LogP contribution in [0, 0.1) is 11.3 Å². The minimum absolute atomic E-state index is 0.425. The third kappa shape index (κ3) is 2.03. The Bertz CT molecular complexity index is 278. The third-order valence-electron chi connectivity index (χ3n) is 1.21. The van der Waals surface area contributed by atoms with Crippen LogP contribution in [0.25, 0.3) is 0 Å². The van der Waals surface area contributed by atoms with Gasteiger partial charge >= 0.3 is 0 Å². The molecule has 1 heterocycles. The molecule has 1 rings (SSSR count). The highest BCUT2D eigenvalue weighted by atomic mass is 79.9. The van der Waals surface area contributed by atoms with Gasteiger partial charge in [0.1, 0.15) is 6.07 Å². The zero-order valence-electron chi connectivity index (χ0n) is 5.87. The molecule has 1 atom stereocenters. The molecule has 1 aromatic heterocycles. The Morgan fingerprint density at radius 1 is 1.73 bits per heavy atom.